The first kappa shape index (κ1) is 14.4. The van der Waals surface area contributed by atoms with Crippen LogP contribution < -0.4 is 16.0 Å². The molecule has 1 aliphatic heterocycles. The average Bonchev–Trinajstić information content (AvgIpc) is 2.56. The lowest BCUT2D eigenvalue weighted by Gasteiger charge is -2.30. The minimum atomic E-state index is -0.196. The first-order chi connectivity index (χ1) is 10.8. The van der Waals surface area contributed by atoms with E-state index in [0.29, 0.717) is 24.5 Å². The molecule has 0 bridgehead atoms. The Kier molecular flexibility index (Phi) is 4.25. The Morgan fingerprint density at radius 3 is 2.50 bits per heavy atom. The normalized spacial score (nSPS) is 14.6. The Balaban J connectivity index is 1.83. The zero-order valence-electron chi connectivity index (χ0n) is 12.3. The number of hydrogen-bond donors (Lipinski definition) is 2. The molecular weight excluding hydrogens is 278 g/mol. The fraction of sp³-hybridized carbons (Fsp3) is 0.235. The number of nitrogens with two attached hydrogens (primary N) is 1. The van der Waals surface area contributed by atoms with Crippen molar-refractivity contribution in [1.29, 1.82) is 0 Å². The van der Waals surface area contributed by atoms with E-state index in [4.69, 9.17) is 10.5 Å². The van der Waals surface area contributed by atoms with E-state index in [1.807, 2.05) is 30.3 Å². The van der Waals surface area contributed by atoms with Crippen LogP contribution in [0.2, 0.25) is 0 Å². The van der Waals surface area contributed by atoms with Crippen molar-refractivity contribution in [2.45, 2.75) is 0 Å². The van der Waals surface area contributed by atoms with Gasteiger partial charge in [0.25, 0.3) is 5.91 Å². The molecule has 3 rings (SSSR count). The molecule has 1 saturated heterocycles. The van der Waals surface area contributed by atoms with Gasteiger partial charge in [0.15, 0.2) is 0 Å². The van der Waals surface area contributed by atoms with Crippen molar-refractivity contribution in [1.82, 2.24) is 0 Å². The van der Waals surface area contributed by atoms with Gasteiger partial charge in [0.05, 0.1) is 30.2 Å². The van der Waals surface area contributed by atoms with Gasteiger partial charge in [-0.25, -0.2) is 0 Å². The van der Waals surface area contributed by atoms with Gasteiger partial charge in [-0.05, 0) is 24.3 Å². The summed E-state index contributed by atoms with van der Waals surface area (Å²) >= 11 is 0. The number of carbonyl (C=O) groups is 1. The van der Waals surface area contributed by atoms with Crippen molar-refractivity contribution in [3.8, 4) is 0 Å². The van der Waals surface area contributed by atoms with Gasteiger partial charge in [-0.3, -0.25) is 4.79 Å². The predicted molar refractivity (Wildman–Crippen MR) is 88.3 cm³/mol. The van der Waals surface area contributed by atoms with Crippen molar-refractivity contribution in [3.63, 3.8) is 0 Å². The van der Waals surface area contributed by atoms with E-state index in [9.17, 15) is 4.79 Å². The molecule has 0 aliphatic carbocycles. The Bertz CT molecular complexity index is 666. The van der Waals surface area contributed by atoms with E-state index in [1.54, 1.807) is 18.2 Å². The molecule has 0 saturated carbocycles. The lowest BCUT2D eigenvalue weighted by Crippen LogP contribution is -2.36. The highest BCUT2D eigenvalue weighted by molar-refractivity contribution is 6.09. The van der Waals surface area contributed by atoms with Crippen molar-refractivity contribution in [2.75, 3.05) is 42.3 Å². The maximum absolute atomic E-state index is 12.4. The van der Waals surface area contributed by atoms with Crippen LogP contribution in [-0.2, 0) is 4.74 Å². The van der Waals surface area contributed by atoms with Crippen LogP contribution in [0.1, 0.15) is 10.4 Å². The number of hydrogen-bond acceptors (Lipinski definition) is 4. The fourth-order valence-electron chi connectivity index (χ4n) is 2.55. The largest absolute Gasteiger partial charge is 0.398 e. The molecule has 114 valence electrons. The minimum Gasteiger partial charge on any atom is -0.398 e. The molecule has 0 atom stereocenters. The van der Waals surface area contributed by atoms with Crippen LogP contribution in [0, 0.1) is 0 Å². The molecule has 2 aromatic carbocycles. The number of para-hydroxylation sites is 3. The van der Waals surface area contributed by atoms with Crippen LogP contribution in [0.5, 0.6) is 0 Å². The summed E-state index contributed by atoms with van der Waals surface area (Å²) in [6.45, 7) is 3.04. The van der Waals surface area contributed by atoms with Gasteiger partial charge in [0.1, 0.15) is 0 Å². The number of anilines is 3. The molecule has 3 N–H and O–H groups in total. The first-order valence-corrected chi connectivity index (χ1v) is 7.33. The molecular formula is C17H19N3O2. The first-order valence-electron chi connectivity index (χ1n) is 7.33. The standard InChI is InChI=1S/C17H19N3O2/c18-14-6-2-1-5-13(14)17(21)19-15-7-3-4-8-16(15)20-9-11-22-12-10-20/h1-8H,9-12,18H2,(H,19,21). The average molecular weight is 297 g/mol. The maximum Gasteiger partial charge on any atom is 0.257 e. The summed E-state index contributed by atoms with van der Waals surface area (Å²) in [5.41, 5.74) is 8.63. The second-order valence-electron chi connectivity index (χ2n) is 5.16. The monoisotopic (exact) mass is 297 g/mol. The lowest BCUT2D eigenvalue weighted by atomic mass is 10.1. The molecule has 5 heteroatoms. The summed E-state index contributed by atoms with van der Waals surface area (Å²) in [4.78, 5) is 14.7. The highest BCUT2D eigenvalue weighted by Crippen LogP contribution is 2.27. The van der Waals surface area contributed by atoms with E-state index in [2.05, 4.69) is 10.2 Å². The van der Waals surface area contributed by atoms with Crippen molar-refractivity contribution in [3.05, 3.63) is 54.1 Å². The third-order valence-corrected chi connectivity index (χ3v) is 3.71. The topological polar surface area (TPSA) is 67.6 Å². The number of carbonyl (C=O) groups excluding carboxylic acids is 1. The SMILES string of the molecule is Nc1ccccc1C(=O)Nc1ccccc1N1CCOCC1. The zero-order valence-corrected chi connectivity index (χ0v) is 12.3. The Labute approximate surface area is 129 Å². The van der Waals surface area contributed by atoms with E-state index in [1.165, 1.54) is 0 Å². The van der Waals surface area contributed by atoms with Crippen LogP contribution in [0.3, 0.4) is 0 Å². The highest BCUT2D eigenvalue weighted by Gasteiger charge is 2.16. The third kappa shape index (κ3) is 3.04. The second-order valence-corrected chi connectivity index (χ2v) is 5.16. The Hall–Kier alpha value is -2.53. The van der Waals surface area contributed by atoms with Gasteiger partial charge >= 0.3 is 0 Å². The molecule has 2 aromatic rings. The molecule has 0 aromatic heterocycles. The van der Waals surface area contributed by atoms with Gasteiger partial charge < -0.3 is 20.7 Å². The number of ether oxygens (including phenoxy) is 1. The number of nitrogens with one attached hydrogen (secondary N) is 1. The van der Waals surface area contributed by atoms with Gasteiger partial charge in [0.2, 0.25) is 0 Å². The molecule has 22 heavy (non-hydrogen) atoms. The molecule has 1 aliphatic rings. The van der Waals surface area contributed by atoms with Gasteiger partial charge in [0, 0.05) is 18.8 Å². The molecule has 0 unspecified atom stereocenters. The van der Waals surface area contributed by atoms with Gasteiger partial charge in [-0.1, -0.05) is 24.3 Å². The molecule has 0 radical (unpaired) electrons. The third-order valence-electron chi connectivity index (χ3n) is 3.71. The number of nitrogen functional groups attached to an aromatic ring is 1. The van der Waals surface area contributed by atoms with Gasteiger partial charge in [-0.15, -0.1) is 0 Å². The summed E-state index contributed by atoms with van der Waals surface area (Å²) in [5, 5.41) is 2.96. The Morgan fingerprint density at radius 1 is 1.05 bits per heavy atom. The number of nitrogens with zero attached hydrogens (tertiary/aromatic N) is 1. The van der Waals surface area contributed by atoms with Crippen LogP contribution >= 0.6 is 0 Å². The zero-order chi connectivity index (χ0) is 15.4. The van der Waals surface area contributed by atoms with Crippen LogP contribution in [0.4, 0.5) is 17.1 Å². The summed E-state index contributed by atoms with van der Waals surface area (Å²) in [7, 11) is 0. The fourth-order valence-corrected chi connectivity index (χ4v) is 2.55. The van der Waals surface area contributed by atoms with E-state index in [-0.39, 0.29) is 5.91 Å². The number of amides is 1. The lowest BCUT2D eigenvalue weighted by molar-refractivity contribution is 0.102. The van der Waals surface area contributed by atoms with E-state index in [0.717, 1.165) is 24.5 Å². The van der Waals surface area contributed by atoms with Crippen LogP contribution in [0.15, 0.2) is 48.5 Å². The molecule has 0 spiro atoms. The molecule has 1 heterocycles. The van der Waals surface area contributed by atoms with Crippen molar-refractivity contribution < 1.29 is 9.53 Å². The highest BCUT2D eigenvalue weighted by atomic mass is 16.5. The maximum atomic E-state index is 12.4. The summed E-state index contributed by atoms with van der Waals surface area (Å²) in [5.74, 6) is -0.196. The quantitative estimate of drug-likeness (QED) is 0.853. The second kappa shape index (κ2) is 6.49. The van der Waals surface area contributed by atoms with E-state index < -0.39 is 0 Å². The van der Waals surface area contributed by atoms with Crippen LogP contribution in [-0.4, -0.2) is 32.2 Å². The minimum absolute atomic E-state index is 0.196. The smallest absolute Gasteiger partial charge is 0.257 e. The number of benzene rings is 2. The molecule has 1 amide bonds. The number of morpholine rings is 1. The number of rotatable bonds is 3. The van der Waals surface area contributed by atoms with Crippen LogP contribution in [0.25, 0.3) is 0 Å². The molecule has 5 nitrogen and oxygen atoms in total. The molecule has 1 fully saturated rings. The van der Waals surface area contributed by atoms with Gasteiger partial charge in [-0.2, -0.15) is 0 Å². The summed E-state index contributed by atoms with van der Waals surface area (Å²) in [6, 6.07) is 14.9. The predicted octanol–water partition coefficient (Wildman–Crippen LogP) is 2.36. The Morgan fingerprint density at radius 2 is 1.73 bits per heavy atom. The summed E-state index contributed by atoms with van der Waals surface area (Å²) in [6.07, 6.45) is 0. The van der Waals surface area contributed by atoms with E-state index >= 15 is 0 Å². The summed E-state index contributed by atoms with van der Waals surface area (Å²) < 4.78 is 5.38. The van der Waals surface area contributed by atoms with Crippen molar-refractivity contribution >= 4 is 23.0 Å². The van der Waals surface area contributed by atoms with Crippen molar-refractivity contribution in [2.24, 2.45) is 0 Å².